The maximum Gasteiger partial charge on any atom is 0.185 e. The van der Waals surface area contributed by atoms with Crippen molar-refractivity contribution >= 4 is 12.0 Å². The summed E-state index contributed by atoms with van der Waals surface area (Å²) in [4.78, 5) is 13.2. The van der Waals surface area contributed by atoms with Gasteiger partial charge in [0, 0.05) is 24.3 Å². The minimum Gasteiger partial charge on any atom is -0.453 e. The highest BCUT2D eigenvalue weighted by molar-refractivity contribution is 5.78. The molecule has 0 saturated carbocycles. The first kappa shape index (κ1) is 13.0. The molecule has 1 aromatic heterocycles. The van der Waals surface area contributed by atoms with Crippen molar-refractivity contribution in [1.29, 1.82) is 0 Å². The number of benzene rings is 1. The average molecular weight is 269 g/mol. The largest absolute Gasteiger partial charge is 0.453 e. The molecule has 1 aromatic carbocycles. The third-order valence-electron chi connectivity index (χ3n) is 3.91. The summed E-state index contributed by atoms with van der Waals surface area (Å²) in [5.41, 5.74) is 2.26. The van der Waals surface area contributed by atoms with Crippen LogP contribution in [0.2, 0.25) is 0 Å². The highest BCUT2D eigenvalue weighted by Crippen LogP contribution is 2.34. The van der Waals surface area contributed by atoms with E-state index in [0.29, 0.717) is 5.76 Å². The normalized spacial score (nSPS) is 19.1. The van der Waals surface area contributed by atoms with Gasteiger partial charge in [-0.2, -0.15) is 0 Å². The fourth-order valence-electron chi connectivity index (χ4n) is 2.93. The molecule has 2 heterocycles. The highest BCUT2D eigenvalue weighted by atomic mass is 16.3. The van der Waals surface area contributed by atoms with Gasteiger partial charge < -0.3 is 9.32 Å². The zero-order valence-corrected chi connectivity index (χ0v) is 11.7. The molecule has 3 heteroatoms. The molecule has 1 saturated heterocycles. The summed E-state index contributed by atoms with van der Waals surface area (Å²) < 4.78 is 5.58. The minimum absolute atomic E-state index is 0.377. The molecule has 1 aliphatic rings. The second-order valence-corrected chi connectivity index (χ2v) is 5.53. The van der Waals surface area contributed by atoms with Gasteiger partial charge in [-0.25, -0.2) is 0 Å². The molecular weight excluding hydrogens is 250 g/mol. The summed E-state index contributed by atoms with van der Waals surface area (Å²) in [7, 11) is 0. The van der Waals surface area contributed by atoms with Gasteiger partial charge in [-0.15, -0.1) is 0 Å². The van der Waals surface area contributed by atoms with Crippen LogP contribution in [0.5, 0.6) is 0 Å². The third-order valence-corrected chi connectivity index (χ3v) is 3.91. The lowest BCUT2D eigenvalue weighted by molar-refractivity contribution is 0.110. The van der Waals surface area contributed by atoms with E-state index in [1.807, 2.05) is 12.1 Å². The number of furan rings is 1. The van der Waals surface area contributed by atoms with Gasteiger partial charge in [0.15, 0.2) is 12.0 Å². The number of nitrogens with zero attached hydrogens (tertiary/aromatic N) is 1. The Balaban J connectivity index is 1.97. The summed E-state index contributed by atoms with van der Waals surface area (Å²) in [6.45, 7) is 4.47. The van der Waals surface area contributed by atoms with Gasteiger partial charge in [0.25, 0.3) is 0 Å². The van der Waals surface area contributed by atoms with Crippen LogP contribution in [0, 0.1) is 5.92 Å². The van der Waals surface area contributed by atoms with Crippen molar-refractivity contribution in [3.05, 3.63) is 42.2 Å². The van der Waals surface area contributed by atoms with Crippen LogP contribution < -0.4 is 4.90 Å². The quantitative estimate of drug-likeness (QED) is 0.790. The number of carbonyl (C=O) groups excluding carboxylic acids is 1. The number of para-hydroxylation sites is 1. The van der Waals surface area contributed by atoms with Crippen molar-refractivity contribution < 1.29 is 9.21 Å². The van der Waals surface area contributed by atoms with Crippen LogP contribution in [-0.2, 0) is 0 Å². The molecule has 20 heavy (non-hydrogen) atoms. The third kappa shape index (κ3) is 2.48. The molecule has 104 valence electrons. The molecular formula is C17H19NO2. The number of hydrogen-bond donors (Lipinski definition) is 0. The van der Waals surface area contributed by atoms with Crippen LogP contribution in [0.25, 0.3) is 11.3 Å². The number of anilines is 1. The summed E-state index contributed by atoms with van der Waals surface area (Å²) in [6, 6.07) is 11.9. The van der Waals surface area contributed by atoms with E-state index in [4.69, 9.17) is 4.42 Å². The lowest BCUT2D eigenvalue weighted by Gasteiger charge is -2.33. The summed E-state index contributed by atoms with van der Waals surface area (Å²) in [6.07, 6.45) is 3.27. The molecule has 3 nitrogen and oxygen atoms in total. The van der Waals surface area contributed by atoms with E-state index in [1.54, 1.807) is 6.07 Å². The number of carbonyl (C=O) groups is 1. The second-order valence-electron chi connectivity index (χ2n) is 5.53. The zero-order chi connectivity index (χ0) is 13.9. The van der Waals surface area contributed by atoms with Crippen LogP contribution in [-0.4, -0.2) is 19.4 Å². The fourth-order valence-corrected chi connectivity index (χ4v) is 2.93. The molecule has 0 aliphatic carbocycles. The Labute approximate surface area is 119 Å². The lowest BCUT2D eigenvalue weighted by Crippen LogP contribution is -2.34. The van der Waals surface area contributed by atoms with E-state index < -0.39 is 0 Å². The standard InChI is InChI=1S/C17H19NO2/c1-13-5-4-10-18(11-13)16-7-3-2-6-15(16)17-9-8-14(12-19)20-17/h2-3,6-9,12-13H,4-5,10-11H2,1H3. The van der Waals surface area contributed by atoms with Crippen molar-refractivity contribution in [2.75, 3.05) is 18.0 Å². The average Bonchev–Trinajstić information content (AvgIpc) is 2.96. The molecule has 0 radical (unpaired) electrons. The molecule has 1 fully saturated rings. The topological polar surface area (TPSA) is 33.5 Å². The Kier molecular flexibility index (Phi) is 3.59. The van der Waals surface area contributed by atoms with Gasteiger partial charge in [0.2, 0.25) is 0 Å². The molecule has 1 aliphatic heterocycles. The molecule has 0 bridgehead atoms. The second kappa shape index (κ2) is 5.53. The molecule has 0 N–H and O–H groups in total. The van der Waals surface area contributed by atoms with Gasteiger partial charge in [0.05, 0.1) is 0 Å². The first-order valence-electron chi connectivity index (χ1n) is 7.17. The molecule has 2 aromatic rings. The number of aldehydes is 1. The maximum absolute atomic E-state index is 10.8. The molecule has 3 rings (SSSR count). The predicted molar refractivity (Wildman–Crippen MR) is 80.1 cm³/mol. The summed E-state index contributed by atoms with van der Waals surface area (Å²) >= 11 is 0. The Bertz CT molecular complexity index is 603. The Hall–Kier alpha value is -2.03. The number of hydrogen-bond acceptors (Lipinski definition) is 3. The number of rotatable bonds is 3. The van der Waals surface area contributed by atoms with Gasteiger partial charge in [-0.3, -0.25) is 4.79 Å². The lowest BCUT2D eigenvalue weighted by atomic mass is 9.98. The van der Waals surface area contributed by atoms with Gasteiger partial charge in [-0.05, 0) is 43.0 Å². The van der Waals surface area contributed by atoms with Gasteiger partial charge >= 0.3 is 0 Å². The zero-order valence-electron chi connectivity index (χ0n) is 11.7. The molecule has 1 unspecified atom stereocenters. The van der Waals surface area contributed by atoms with Gasteiger partial charge in [-0.1, -0.05) is 19.1 Å². The Morgan fingerprint density at radius 3 is 2.85 bits per heavy atom. The first-order chi connectivity index (χ1) is 9.78. The van der Waals surface area contributed by atoms with Crippen molar-refractivity contribution in [3.63, 3.8) is 0 Å². The van der Waals surface area contributed by atoms with Gasteiger partial charge in [0.1, 0.15) is 5.76 Å². The van der Waals surface area contributed by atoms with Crippen LogP contribution in [0.4, 0.5) is 5.69 Å². The molecule has 0 spiro atoms. The van der Waals surface area contributed by atoms with E-state index in [9.17, 15) is 4.79 Å². The highest BCUT2D eigenvalue weighted by Gasteiger charge is 2.20. The summed E-state index contributed by atoms with van der Waals surface area (Å²) in [5, 5.41) is 0. The predicted octanol–water partition coefficient (Wildman–Crippen LogP) is 4.00. The van der Waals surface area contributed by atoms with E-state index >= 15 is 0 Å². The van der Waals surface area contributed by atoms with Crippen molar-refractivity contribution in [1.82, 2.24) is 0 Å². The smallest absolute Gasteiger partial charge is 0.185 e. The number of piperidine rings is 1. The molecule has 0 amide bonds. The Morgan fingerprint density at radius 1 is 1.25 bits per heavy atom. The SMILES string of the molecule is CC1CCCN(c2ccccc2-c2ccc(C=O)o2)C1. The van der Waals surface area contributed by atoms with Crippen LogP contribution >= 0.6 is 0 Å². The Morgan fingerprint density at radius 2 is 2.10 bits per heavy atom. The van der Waals surface area contributed by atoms with Crippen LogP contribution in [0.3, 0.4) is 0 Å². The van der Waals surface area contributed by atoms with Crippen LogP contribution in [0.15, 0.2) is 40.8 Å². The summed E-state index contributed by atoms with van der Waals surface area (Å²) in [5.74, 6) is 1.86. The van der Waals surface area contributed by atoms with Crippen molar-refractivity contribution in [2.45, 2.75) is 19.8 Å². The van der Waals surface area contributed by atoms with Crippen molar-refractivity contribution in [3.8, 4) is 11.3 Å². The van der Waals surface area contributed by atoms with Crippen LogP contribution in [0.1, 0.15) is 30.3 Å². The fraction of sp³-hybridized carbons (Fsp3) is 0.353. The monoisotopic (exact) mass is 269 g/mol. The van der Waals surface area contributed by atoms with E-state index in [0.717, 1.165) is 36.6 Å². The minimum atomic E-state index is 0.377. The molecule has 1 atom stereocenters. The van der Waals surface area contributed by atoms with E-state index in [1.165, 1.54) is 18.5 Å². The maximum atomic E-state index is 10.8. The first-order valence-corrected chi connectivity index (χ1v) is 7.17. The van der Waals surface area contributed by atoms with E-state index in [-0.39, 0.29) is 0 Å². The van der Waals surface area contributed by atoms with E-state index in [2.05, 4.69) is 30.0 Å². The van der Waals surface area contributed by atoms with Crippen molar-refractivity contribution in [2.24, 2.45) is 5.92 Å².